The van der Waals surface area contributed by atoms with E-state index in [1.807, 2.05) is 4.90 Å². The van der Waals surface area contributed by atoms with Crippen LogP contribution in [0.2, 0.25) is 0 Å². The molecule has 2 rings (SSSR count). The second kappa shape index (κ2) is 3.88. The molecule has 1 aliphatic heterocycles. The van der Waals surface area contributed by atoms with Crippen molar-refractivity contribution in [2.24, 2.45) is 0 Å². The molecule has 0 saturated carbocycles. The largest absolute Gasteiger partial charge is 0.478 e. The third-order valence-electron chi connectivity index (χ3n) is 2.61. The molecule has 1 fully saturated rings. The van der Waals surface area contributed by atoms with E-state index < -0.39 is 12.1 Å². The number of anilines is 1. The molecule has 0 amide bonds. The number of carboxylic acids is 1. The molecule has 1 N–H and O–H groups in total. The van der Waals surface area contributed by atoms with Crippen LogP contribution in [0.3, 0.4) is 0 Å². The number of carboxylic acid groups (broad SMARTS) is 1. The van der Waals surface area contributed by atoms with Gasteiger partial charge in [-0.25, -0.2) is 9.18 Å². The Bertz CT molecular complexity index is 363. The lowest BCUT2D eigenvalue weighted by Crippen LogP contribution is -2.19. The first-order valence-electron chi connectivity index (χ1n) is 4.89. The Morgan fingerprint density at radius 3 is 2.53 bits per heavy atom. The first-order valence-corrected chi connectivity index (χ1v) is 4.89. The number of hydrogen-bond acceptors (Lipinski definition) is 2. The zero-order valence-electron chi connectivity index (χ0n) is 8.19. The number of aromatic carboxylic acids is 1. The minimum atomic E-state index is -0.939. The number of nitrogens with zero attached hydrogens (tertiary/aromatic N) is 1. The van der Waals surface area contributed by atoms with Crippen molar-refractivity contribution in [3.8, 4) is 0 Å². The lowest BCUT2D eigenvalue weighted by Gasteiger charge is -2.17. The molecule has 0 radical (unpaired) electrons. The van der Waals surface area contributed by atoms with Crippen molar-refractivity contribution in [1.82, 2.24) is 0 Å². The smallest absolute Gasteiger partial charge is 0.335 e. The average Bonchev–Trinajstić information content (AvgIpc) is 2.65. The molecule has 4 heteroatoms. The van der Waals surface area contributed by atoms with Crippen LogP contribution < -0.4 is 4.90 Å². The maximum absolute atomic E-state index is 12.9. The molecule has 80 valence electrons. The van der Waals surface area contributed by atoms with Gasteiger partial charge in [0.05, 0.1) is 5.56 Å². The number of alkyl halides is 1. The summed E-state index contributed by atoms with van der Waals surface area (Å²) in [6.45, 7) is 1.11. The van der Waals surface area contributed by atoms with Gasteiger partial charge in [-0.3, -0.25) is 0 Å². The fourth-order valence-electron chi connectivity index (χ4n) is 1.77. The zero-order valence-corrected chi connectivity index (χ0v) is 8.19. The van der Waals surface area contributed by atoms with Crippen molar-refractivity contribution in [1.29, 1.82) is 0 Å². The highest BCUT2D eigenvalue weighted by Gasteiger charge is 2.21. The summed E-state index contributed by atoms with van der Waals surface area (Å²) in [6, 6.07) is 6.54. The van der Waals surface area contributed by atoms with Crippen LogP contribution in [-0.2, 0) is 0 Å². The summed E-state index contributed by atoms with van der Waals surface area (Å²) in [5.41, 5.74) is 1.15. The molecule has 1 unspecified atom stereocenters. The molecule has 1 atom stereocenters. The molecular weight excluding hydrogens is 197 g/mol. The summed E-state index contributed by atoms with van der Waals surface area (Å²) in [7, 11) is 0. The van der Waals surface area contributed by atoms with Gasteiger partial charge in [-0.15, -0.1) is 0 Å². The highest BCUT2D eigenvalue weighted by Crippen LogP contribution is 2.22. The molecule has 0 aromatic heterocycles. The van der Waals surface area contributed by atoms with E-state index in [-0.39, 0.29) is 5.56 Å². The predicted molar refractivity (Wildman–Crippen MR) is 55.1 cm³/mol. The van der Waals surface area contributed by atoms with Crippen LogP contribution >= 0.6 is 0 Å². The Morgan fingerprint density at radius 2 is 2.07 bits per heavy atom. The van der Waals surface area contributed by atoms with E-state index in [9.17, 15) is 9.18 Å². The van der Waals surface area contributed by atoms with E-state index in [4.69, 9.17) is 5.11 Å². The number of carbonyl (C=O) groups is 1. The van der Waals surface area contributed by atoms with Crippen LogP contribution in [0.1, 0.15) is 16.8 Å². The third-order valence-corrected chi connectivity index (χ3v) is 2.61. The molecule has 1 aromatic carbocycles. The SMILES string of the molecule is O=C(O)c1ccc(N2CCC(F)C2)cc1. The van der Waals surface area contributed by atoms with Gasteiger partial charge < -0.3 is 10.0 Å². The topological polar surface area (TPSA) is 40.5 Å². The van der Waals surface area contributed by atoms with Crippen LogP contribution in [0.25, 0.3) is 0 Å². The van der Waals surface area contributed by atoms with Crippen molar-refractivity contribution < 1.29 is 14.3 Å². The van der Waals surface area contributed by atoms with Gasteiger partial charge in [-0.05, 0) is 30.7 Å². The lowest BCUT2D eigenvalue weighted by atomic mass is 10.2. The standard InChI is InChI=1S/C11H12FNO2/c12-9-5-6-13(7-9)10-3-1-8(2-4-10)11(14)15/h1-4,9H,5-7H2,(H,14,15). The summed E-state index contributed by atoms with van der Waals surface area (Å²) in [6.07, 6.45) is -0.204. The summed E-state index contributed by atoms with van der Waals surface area (Å²) >= 11 is 0. The number of hydrogen-bond donors (Lipinski definition) is 1. The molecule has 1 saturated heterocycles. The van der Waals surface area contributed by atoms with E-state index in [0.29, 0.717) is 19.5 Å². The van der Waals surface area contributed by atoms with Gasteiger partial charge in [0.25, 0.3) is 0 Å². The molecule has 0 aliphatic carbocycles. The lowest BCUT2D eigenvalue weighted by molar-refractivity contribution is 0.0697. The van der Waals surface area contributed by atoms with Crippen LogP contribution in [0, 0.1) is 0 Å². The van der Waals surface area contributed by atoms with Crippen molar-refractivity contribution in [2.75, 3.05) is 18.0 Å². The second-order valence-electron chi connectivity index (χ2n) is 3.68. The molecule has 1 aromatic rings. The van der Waals surface area contributed by atoms with E-state index in [0.717, 1.165) is 5.69 Å². The van der Waals surface area contributed by atoms with Crippen molar-refractivity contribution in [2.45, 2.75) is 12.6 Å². The minimum Gasteiger partial charge on any atom is -0.478 e. The van der Waals surface area contributed by atoms with E-state index in [1.165, 1.54) is 0 Å². The van der Waals surface area contributed by atoms with Gasteiger partial charge in [0.1, 0.15) is 6.17 Å². The average molecular weight is 209 g/mol. The van der Waals surface area contributed by atoms with Crippen LogP contribution in [0.15, 0.2) is 24.3 Å². The zero-order chi connectivity index (χ0) is 10.8. The summed E-state index contributed by atoms with van der Waals surface area (Å²) in [5, 5.41) is 8.71. The fourth-order valence-corrected chi connectivity index (χ4v) is 1.77. The van der Waals surface area contributed by atoms with Crippen molar-refractivity contribution in [3.05, 3.63) is 29.8 Å². The Kier molecular flexibility index (Phi) is 2.58. The summed E-state index contributed by atoms with van der Waals surface area (Å²) in [4.78, 5) is 12.5. The maximum Gasteiger partial charge on any atom is 0.335 e. The van der Waals surface area contributed by atoms with Crippen molar-refractivity contribution in [3.63, 3.8) is 0 Å². The molecule has 15 heavy (non-hydrogen) atoms. The number of benzene rings is 1. The Hall–Kier alpha value is -1.58. The van der Waals surface area contributed by atoms with E-state index >= 15 is 0 Å². The molecule has 1 aliphatic rings. The molecule has 3 nitrogen and oxygen atoms in total. The van der Waals surface area contributed by atoms with Gasteiger partial charge in [-0.2, -0.15) is 0 Å². The first-order chi connectivity index (χ1) is 7.16. The molecule has 0 spiro atoms. The van der Waals surface area contributed by atoms with Crippen LogP contribution in [0.4, 0.5) is 10.1 Å². The van der Waals surface area contributed by atoms with E-state index in [1.54, 1.807) is 24.3 Å². The van der Waals surface area contributed by atoms with Gasteiger partial charge in [-0.1, -0.05) is 0 Å². The normalized spacial score (nSPS) is 20.6. The molecule has 0 bridgehead atoms. The fraction of sp³-hybridized carbons (Fsp3) is 0.364. The quantitative estimate of drug-likeness (QED) is 0.809. The Morgan fingerprint density at radius 1 is 1.40 bits per heavy atom. The predicted octanol–water partition coefficient (Wildman–Crippen LogP) is 1.93. The summed E-state index contributed by atoms with van der Waals surface area (Å²) in [5.74, 6) is -0.939. The highest BCUT2D eigenvalue weighted by molar-refractivity contribution is 5.88. The number of rotatable bonds is 2. The second-order valence-corrected chi connectivity index (χ2v) is 3.68. The molecular formula is C11H12FNO2. The monoisotopic (exact) mass is 209 g/mol. The minimum absolute atomic E-state index is 0.259. The first kappa shape index (κ1) is 9.96. The van der Waals surface area contributed by atoms with Gasteiger partial charge >= 0.3 is 5.97 Å². The maximum atomic E-state index is 12.9. The highest BCUT2D eigenvalue weighted by atomic mass is 19.1. The van der Waals surface area contributed by atoms with Gasteiger partial charge in [0.15, 0.2) is 0 Å². The van der Waals surface area contributed by atoms with Gasteiger partial charge in [0.2, 0.25) is 0 Å². The number of halogens is 1. The van der Waals surface area contributed by atoms with Crippen LogP contribution in [-0.4, -0.2) is 30.3 Å². The van der Waals surface area contributed by atoms with Crippen LogP contribution in [0.5, 0.6) is 0 Å². The van der Waals surface area contributed by atoms with Gasteiger partial charge in [0, 0.05) is 18.8 Å². The Balaban J connectivity index is 2.13. The van der Waals surface area contributed by atoms with E-state index in [2.05, 4.69) is 0 Å². The van der Waals surface area contributed by atoms with Crippen molar-refractivity contribution >= 4 is 11.7 Å². The molecule has 1 heterocycles. The summed E-state index contributed by atoms with van der Waals surface area (Å²) < 4.78 is 12.9. The Labute approximate surface area is 87.1 Å². The third kappa shape index (κ3) is 2.09.